The maximum Gasteiger partial charge on any atom is 0.259 e. The quantitative estimate of drug-likeness (QED) is 0.816. The van der Waals surface area contributed by atoms with Crippen LogP contribution in [0.2, 0.25) is 0 Å². The number of hydrogen-bond acceptors (Lipinski definition) is 2. The molecule has 1 amide bonds. The minimum Gasteiger partial charge on any atom is -0.466 e. The van der Waals surface area contributed by atoms with Crippen LogP contribution in [0, 0.1) is 32.4 Å². The zero-order chi connectivity index (χ0) is 15.0. The number of nitrogens with one attached hydrogen (secondary N) is 1. The van der Waals surface area contributed by atoms with Gasteiger partial charge in [-0.15, -0.1) is 0 Å². The van der Waals surface area contributed by atoms with Crippen LogP contribution < -0.4 is 5.32 Å². The summed E-state index contributed by atoms with van der Waals surface area (Å²) in [6, 6.07) is 1.89. The van der Waals surface area contributed by atoms with Crippen molar-refractivity contribution in [1.82, 2.24) is 0 Å². The van der Waals surface area contributed by atoms with E-state index in [0.717, 1.165) is 12.1 Å². The Labute approximate surface area is 123 Å². The van der Waals surface area contributed by atoms with Crippen LogP contribution in [0.3, 0.4) is 0 Å². The molecule has 1 aromatic carbocycles. The summed E-state index contributed by atoms with van der Waals surface area (Å²) in [5.74, 6) is -0.844. The molecule has 0 aliphatic rings. The lowest BCUT2D eigenvalue weighted by molar-refractivity contribution is 0.102. The molecule has 0 unspecified atom stereocenters. The minimum absolute atomic E-state index is 0.000448. The van der Waals surface area contributed by atoms with E-state index in [-0.39, 0.29) is 10.2 Å². The number of benzene rings is 1. The molecule has 0 saturated carbocycles. The average Bonchev–Trinajstić information content (AvgIpc) is 2.60. The fourth-order valence-electron chi connectivity index (χ4n) is 1.93. The summed E-state index contributed by atoms with van der Waals surface area (Å²) in [5, 5.41) is 2.35. The van der Waals surface area contributed by atoms with Gasteiger partial charge in [-0.05, 0) is 42.8 Å². The molecule has 106 valence electrons. The topological polar surface area (TPSA) is 42.2 Å². The zero-order valence-electron chi connectivity index (χ0n) is 11.1. The molecule has 0 aliphatic heterocycles. The van der Waals surface area contributed by atoms with Crippen molar-refractivity contribution in [1.29, 1.82) is 0 Å². The Kier molecular flexibility index (Phi) is 3.94. The molecule has 0 atom stereocenters. The number of furan rings is 1. The lowest BCUT2D eigenvalue weighted by Gasteiger charge is -2.07. The summed E-state index contributed by atoms with van der Waals surface area (Å²) in [6.07, 6.45) is 0. The third-order valence-electron chi connectivity index (χ3n) is 3.05. The van der Waals surface area contributed by atoms with Crippen molar-refractivity contribution in [2.45, 2.75) is 20.8 Å². The Balaban J connectivity index is 2.35. The molecule has 0 aliphatic carbocycles. The summed E-state index contributed by atoms with van der Waals surface area (Å²) >= 11 is 2.88. The molecular formula is C14H12BrF2NO2. The predicted molar refractivity (Wildman–Crippen MR) is 74.9 cm³/mol. The van der Waals surface area contributed by atoms with Gasteiger partial charge < -0.3 is 9.73 Å². The number of hydrogen-bond donors (Lipinski definition) is 1. The highest BCUT2D eigenvalue weighted by atomic mass is 79.9. The first-order valence-electron chi connectivity index (χ1n) is 5.83. The third-order valence-corrected chi connectivity index (χ3v) is 3.65. The number of aryl methyl sites for hydroxylation is 2. The molecule has 0 spiro atoms. The maximum absolute atomic E-state index is 13.7. The second-order valence-corrected chi connectivity index (χ2v) is 5.27. The first-order chi connectivity index (χ1) is 9.31. The molecule has 1 heterocycles. The number of halogens is 3. The lowest BCUT2D eigenvalue weighted by Crippen LogP contribution is -2.14. The van der Waals surface area contributed by atoms with Gasteiger partial charge in [0.25, 0.3) is 5.91 Å². The van der Waals surface area contributed by atoms with Crippen LogP contribution in [0.25, 0.3) is 0 Å². The van der Waals surface area contributed by atoms with Gasteiger partial charge in [0.05, 0.1) is 15.7 Å². The van der Waals surface area contributed by atoms with Crippen molar-refractivity contribution in [2.24, 2.45) is 0 Å². The third kappa shape index (κ3) is 2.60. The second-order valence-electron chi connectivity index (χ2n) is 4.41. The normalized spacial score (nSPS) is 10.7. The molecule has 1 aromatic heterocycles. The van der Waals surface area contributed by atoms with Crippen molar-refractivity contribution in [3.8, 4) is 0 Å². The van der Waals surface area contributed by atoms with Gasteiger partial charge in [0.2, 0.25) is 0 Å². The lowest BCUT2D eigenvalue weighted by atomic mass is 10.1. The van der Waals surface area contributed by atoms with Crippen LogP contribution in [0.1, 0.15) is 27.4 Å². The van der Waals surface area contributed by atoms with Crippen molar-refractivity contribution in [3.63, 3.8) is 0 Å². The van der Waals surface area contributed by atoms with Crippen LogP contribution in [-0.2, 0) is 0 Å². The number of anilines is 1. The van der Waals surface area contributed by atoms with Crippen molar-refractivity contribution >= 4 is 27.5 Å². The van der Waals surface area contributed by atoms with E-state index in [1.54, 1.807) is 20.8 Å². The van der Waals surface area contributed by atoms with Crippen molar-refractivity contribution in [3.05, 3.63) is 50.9 Å². The SMILES string of the molecule is Cc1oc(C)c(C(=O)Nc2cc(F)c(Br)cc2F)c1C. The van der Waals surface area contributed by atoms with E-state index in [1.165, 1.54) is 0 Å². The Morgan fingerprint density at radius 2 is 1.80 bits per heavy atom. The predicted octanol–water partition coefficient (Wildman–Crippen LogP) is 4.50. The van der Waals surface area contributed by atoms with Gasteiger partial charge in [-0.1, -0.05) is 0 Å². The Hall–Kier alpha value is -1.69. The van der Waals surface area contributed by atoms with E-state index in [0.29, 0.717) is 22.6 Å². The van der Waals surface area contributed by atoms with E-state index in [2.05, 4.69) is 21.2 Å². The number of carbonyl (C=O) groups excluding carboxylic acids is 1. The fourth-order valence-corrected chi connectivity index (χ4v) is 2.25. The second kappa shape index (κ2) is 5.36. The molecule has 20 heavy (non-hydrogen) atoms. The van der Waals surface area contributed by atoms with E-state index >= 15 is 0 Å². The maximum atomic E-state index is 13.7. The van der Waals surface area contributed by atoms with E-state index in [4.69, 9.17) is 4.42 Å². The minimum atomic E-state index is -0.720. The summed E-state index contributed by atoms with van der Waals surface area (Å²) in [7, 11) is 0. The Morgan fingerprint density at radius 1 is 1.15 bits per heavy atom. The average molecular weight is 344 g/mol. The molecule has 0 saturated heterocycles. The van der Waals surface area contributed by atoms with Crippen molar-refractivity contribution in [2.75, 3.05) is 5.32 Å². The summed E-state index contributed by atoms with van der Waals surface area (Å²) in [6.45, 7) is 5.12. The van der Waals surface area contributed by atoms with Gasteiger partial charge in [-0.25, -0.2) is 8.78 Å². The largest absolute Gasteiger partial charge is 0.466 e. The monoisotopic (exact) mass is 343 g/mol. The molecule has 2 aromatic rings. The molecule has 6 heteroatoms. The smallest absolute Gasteiger partial charge is 0.259 e. The Bertz CT molecular complexity index is 695. The van der Waals surface area contributed by atoms with E-state index < -0.39 is 17.5 Å². The molecule has 2 rings (SSSR count). The number of carbonyl (C=O) groups is 1. The molecular weight excluding hydrogens is 332 g/mol. The number of rotatable bonds is 2. The van der Waals surface area contributed by atoms with Gasteiger partial charge in [0, 0.05) is 11.6 Å². The first-order valence-corrected chi connectivity index (χ1v) is 6.63. The standard InChI is InChI=1S/C14H12BrF2NO2/c1-6-7(2)20-8(3)13(6)14(19)18-12-5-10(16)9(15)4-11(12)17/h4-5H,1-3H3,(H,18,19). The fraction of sp³-hybridized carbons (Fsp3) is 0.214. The molecule has 0 fully saturated rings. The summed E-state index contributed by atoms with van der Waals surface area (Å²) in [4.78, 5) is 12.1. The summed E-state index contributed by atoms with van der Waals surface area (Å²) in [5.41, 5.74) is 0.802. The molecule has 0 radical (unpaired) electrons. The number of amides is 1. The van der Waals surface area contributed by atoms with Crippen LogP contribution in [0.5, 0.6) is 0 Å². The molecule has 0 bridgehead atoms. The highest BCUT2D eigenvalue weighted by Crippen LogP contribution is 2.26. The van der Waals surface area contributed by atoms with Crippen LogP contribution in [0.15, 0.2) is 21.0 Å². The van der Waals surface area contributed by atoms with Gasteiger partial charge >= 0.3 is 0 Å². The molecule has 1 N–H and O–H groups in total. The zero-order valence-corrected chi connectivity index (χ0v) is 12.7. The summed E-state index contributed by atoms with van der Waals surface area (Å²) < 4.78 is 32.4. The van der Waals surface area contributed by atoms with Gasteiger partial charge in [0.15, 0.2) is 0 Å². The van der Waals surface area contributed by atoms with Crippen LogP contribution in [-0.4, -0.2) is 5.91 Å². The molecule has 3 nitrogen and oxygen atoms in total. The van der Waals surface area contributed by atoms with Gasteiger partial charge in [0.1, 0.15) is 23.2 Å². The highest BCUT2D eigenvalue weighted by Gasteiger charge is 2.20. The van der Waals surface area contributed by atoms with Crippen LogP contribution in [0.4, 0.5) is 14.5 Å². The van der Waals surface area contributed by atoms with Gasteiger partial charge in [-0.3, -0.25) is 4.79 Å². The van der Waals surface area contributed by atoms with Crippen molar-refractivity contribution < 1.29 is 18.0 Å². The van der Waals surface area contributed by atoms with Gasteiger partial charge in [-0.2, -0.15) is 0 Å². The van der Waals surface area contributed by atoms with E-state index in [9.17, 15) is 13.6 Å². The Morgan fingerprint density at radius 3 is 2.35 bits per heavy atom. The highest BCUT2D eigenvalue weighted by molar-refractivity contribution is 9.10. The van der Waals surface area contributed by atoms with Crippen LogP contribution >= 0.6 is 15.9 Å². The van der Waals surface area contributed by atoms with E-state index in [1.807, 2.05) is 0 Å². The first kappa shape index (κ1) is 14.7.